The number of rotatable bonds is 7. The minimum Gasteiger partial charge on any atom is -0.297 e. The molecule has 1 aromatic rings. The third kappa shape index (κ3) is 4.01. The van der Waals surface area contributed by atoms with Crippen molar-refractivity contribution in [3.05, 3.63) is 34.1 Å². The van der Waals surface area contributed by atoms with E-state index >= 15 is 0 Å². The second-order valence-electron chi connectivity index (χ2n) is 5.49. The van der Waals surface area contributed by atoms with Gasteiger partial charge in [0.05, 0.1) is 0 Å². The highest BCUT2D eigenvalue weighted by molar-refractivity contribution is 9.10. The molecular formula is C15H25BrFN3. The molecule has 1 rings (SSSR count). The number of hydrogen-bond donors (Lipinski definition) is 2. The maximum Gasteiger partial charge on any atom is 0.124 e. The molecule has 5 heteroatoms. The summed E-state index contributed by atoms with van der Waals surface area (Å²) in [6.45, 7) is 10.6. The normalized spacial score (nSPS) is 13.8. The summed E-state index contributed by atoms with van der Waals surface area (Å²) in [7, 11) is 0. The van der Waals surface area contributed by atoms with Gasteiger partial charge in [0.2, 0.25) is 0 Å². The largest absolute Gasteiger partial charge is 0.297 e. The Labute approximate surface area is 129 Å². The van der Waals surface area contributed by atoms with Crippen LogP contribution in [0.2, 0.25) is 0 Å². The molecule has 0 saturated heterocycles. The molecule has 0 amide bonds. The van der Waals surface area contributed by atoms with Crippen LogP contribution in [0.15, 0.2) is 22.7 Å². The molecule has 0 fully saturated rings. The van der Waals surface area contributed by atoms with Gasteiger partial charge in [-0.1, -0.05) is 35.8 Å². The standard InChI is InChI=1S/C15H25BrFN3/c1-5-20(6-2)15(3,4)14(19-18)9-11-7-8-12(17)10-13(11)16/h7-8,10,14,19H,5-6,9,18H2,1-4H3. The average molecular weight is 346 g/mol. The molecule has 114 valence electrons. The van der Waals surface area contributed by atoms with Gasteiger partial charge in [0.15, 0.2) is 0 Å². The lowest BCUT2D eigenvalue weighted by Crippen LogP contribution is -2.60. The van der Waals surface area contributed by atoms with Crippen LogP contribution in [0.25, 0.3) is 0 Å². The monoisotopic (exact) mass is 345 g/mol. The molecule has 3 N–H and O–H groups in total. The average Bonchev–Trinajstić information content (AvgIpc) is 2.38. The lowest BCUT2D eigenvalue weighted by atomic mass is 9.88. The van der Waals surface area contributed by atoms with Crippen molar-refractivity contribution in [1.29, 1.82) is 0 Å². The molecule has 0 aliphatic carbocycles. The first-order valence-electron chi connectivity index (χ1n) is 7.01. The maximum absolute atomic E-state index is 13.2. The number of halogens is 2. The summed E-state index contributed by atoms with van der Waals surface area (Å²) in [6, 6.07) is 4.86. The van der Waals surface area contributed by atoms with Gasteiger partial charge in [-0.3, -0.25) is 16.2 Å². The lowest BCUT2D eigenvalue weighted by Gasteiger charge is -2.43. The summed E-state index contributed by atoms with van der Waals surface area (Å²) in [4.78, 5) is 2.37. The Morgan fingerprint density at radius 1 is 1.35 bits per heavy atom. The van der Waals surface area contributed by atoms with Crippen molar-refractivity contribution in [3.63, 3.8) is 0 Å². The summed E-state index contributed by atoms with van der Waals surface area (Å²) in [5, 5.41) is 0. The van der Waals surface area contributed by atoms with Crippen LogP contribution in [0.3, 0.4) is 0 Å². The smallest absolute Gasteiger partial charge is 0.124 e. The number of nitrogens with one attached hydrogen (secondary N) is 1. The molecule has 0 spiro atoms. The topological polar surface area (TPSA) is 41.3 Å². The number of hydrazine groups is 1. The number of benzene rings is 1. The lowest BCUT2D eigenvalue weighted by molar-refractivity contribution is 0.0911. The highest BCUT2D eigenvalue weighted by Gasteiger charge is 2.33. The number of nitrogens with zero attached hydrogens (tertiary/aromatic N) is 1. The predicted octanol–water partition coefficient (Wildman–Crippen LogP) is 3.08. The molecule has 0 saturated carbocycles. The van der Waals surface area contributed by atoms with E-state index in [0.29, 0.717) is 0 Å². The summed E-state index contributed by atoms with van der Waals surface area (Å²) >= 11 is 3.42. The molecule has 20 heavy (non-hydrogen) atoms. The van der Waals surface area contributed by atoms with Gasteiger partial charge in [-0.15, -0.1) is 0 Å². The van der Waals surface area contributed by atoms with E-state index in [4.69, 9.17) is 5.84 Å². The summed E-state index contributed by atoms with van der Waals surface area (Å²) in [6.07, 6.45) is 0.737. The second-order valence-corrected chi connectivity index (χ2v) is 6.34. The van der Waals surface area contributed by atoms with Gasteiger partial charge < -0.3 is 0 Å². The van der Waals surface area contributed by atoms with E-state index in [1.807, 2.05) is 6.07 Å². The van der Waals surface area contributed by atoms with Crippen LogP contribution in [0.1, 0.15) is 33.3 Å². The van der Waals surface area contributed by atoms with Gasteiger partial charge in [0.1, 0.15) is 5.82 Å². The van der Waals surface area contributed by atoms with Crippen LogP contribution < -0.4 is 11.3 Å². The fourth-order valence-corrected chi connectivity index (χ4v) is 3.19. The van der Waals surface area contributed by atoms with E-state index in [1.165, 1.54) is 12.1 Å². The zero-order chi connectivity index (χ0) is 15.3. The van der Waals surface area contributed by atoms with Crippen molar-refractivity contribution >= 4 is 15.9 Å². The van der Waals surface area contributed by atoms with Crippen molar-refractivity contribution in [2.24, 2.45) is 5.84 Å². The van der Waals surface area contributed by atoms with Crippen molar-refractivity contribution in [2.75, 3.05) is 13.1 Å². The third-order valence-corrected chi connectivity index (χ3v) is 4.81. The molecule has 0 heterocycles. The number of likely N-dealkylation sites (N-methyl/N-ethyl adjacent to an activating group) is 1. The first-order chi connectivity index (χ1) is 9.36. The SMILES string of the molecule is CCN(CC)C(C)(C)C(Cc1ccc(F)cc1Br)NN. The van der Waals surface area contributed by atoms with Gasteiger partial charge in [-0.25, -0.2) is 4.39 Å². The highest BCUT2D eigenvalue weighted by atomic mass is 79.9. The molecular weight excluding hydrogens is 321 g/mol. The fourth-order valence-electron chi connectivity index (χ4n) is 2.68. The van der Waals surface area contributed by atoms with Crippen LogP contribution >= 0.6 is 15.9 Å². The molecule has 0 aromatic heterocycles. The molecule has 1 atom stereocenters. The Morgan fingerprint density at radius 3 is 2.40 bits per heavy atom. The van der Waals surface area contributed by atoms with Crippen molar-refractivity contribution in [3.8, 4) is 0 Å². The van der Waals surface area contributed by atoms with Crippen LogP contribution in [-0.4, -0.2) is 29.6 Å². The predicted molar refractivity (Wildman–Crippen MR) is 85.9 cm³/mol. The molecule has 0 aliphatic heterocycles. The summed E-state index contributed by atoms with van der Waals surface area (Å²) < 4.78 is 13.9. The van der Waals surface area contributed by atoms with E-state index in [2.05, 4.69) is 54.0 Å². The Bertz CT molecular complexity index is 433. The van der Waals surface area contributed by atoms with Crippen LogP contribution in [0.4, 0.5) is 4.39 Å². The molecule has 1 aromatic carbocycles. The zero-order valence-corrected chi connectivity index (χ0v) is 14.3. The van der Waals surface area contributed by atoms with Gasteiger partial charge in [0.25, 0.3) is 0 Å². The number of nitrogens with two attached hydrogens (primary N) is 1. The minimum atomic E-state index is -0.235. The Hall–Kier alpha value is -0.490. The quantitative estimate of drug-likeness (QED) is 0.589. The second kappa shape index (κ2) is 7.50. The van der Waals surface area contributed by atoms with Crippen molar-refractivity contribution < 1.29 is 4.39 Å². The van der Waals surface area contributed by atoms with Crippen LogP contribution in [-0.2, 0) is 6.42 Å². The van der Waals surface area contributed by atoms with Gasteiger partial charge in [0, 0.05) is 16.1 Å². The van der Waals surface area contributed by atoms with Crippen LogP contribution in [0.5, 0.6) is 0 Å². The minimum absolute atomic E-state index is 0.0733. The van der Waals surface area contributed by atoms with Crippen molar-refractivity contribution in [2.45, 2.75) is 45.7 Å². The van der Waals surface area contributed by atoms with E-state index in [1.54, 1.807) is 0 Å². The molecule has 0 aliphatic rings. The molecule has 0 radical (unpaired) electrons. The highest BCUT2D eigenvalue weighted by Crippen LogP contribution is 2.25. The fraction of sp³-hybridized carbons (Fsp3) is 0.600. The van der Waals surface area contributed by atoms with Gasteiger partial charge in [-0.05, 0) is 51.1 Å². The Morgan fingerprint density at radius 2 is 1.95 bits per heavy atom. The third-order valence-electron chi connectivity index (χ3n) is 4.07. The van der Waals surface area contributed by atoms with E-state index in [-0.39, 0.29) is 17.4 Å². The van der Waals surface area contributed by atoms with Crippen LogP contribution in [0, 0.1) is 5.82 Å². The molecule has 0 bridgehead atoms. The van der Waals surface area contributed by atoms with Crippen molar-refractivity contribution in [1.82, 2.24) is 10.3 Å². The van der Waals surface area contributed by atoms with E-state index in [0.717, 1.165) is 29.5 Å². The summed E-state index contributed by atoms with van der Waals surface area (Å²) in [5.74, 6) is 5.53. The van der Waals surface area contributed by atoms with Gasteiger partial charge in [-0.2, -0.15) is 0 Å². The van der Waals surface area contributed by atoms with Gasteiger partial charge >= 0.3 is 0 Å². The maximum atomic E-state index is 13.2. The first kappa shape index (κ1) is 17.6. The Balaban J connectivity index is 2.96. The zero-order valence-electron chi connectivity index (χ0n) is 12.7. The molecule has 3 nitrogen and oxygen atoms in total. The first-order valence-corrected chi connectivity index (χ1v) is 7.81. The molecule has 1 unspecified atom stereocenters. The summed E-state index contributed by atoms with van der Waals surface area (Å²) in [5.41, 5.74) is 3.88. The van der Waals surface area contributed by atoms with E-state index in [9.17, 15) is 4.39 Å². The Kier molecular flexibility index (Phi) is 6.58. The van der Waals surface area contributed by atoms with E-state index < -0.39 is 0 Å². The number of hydrogen-bond acceptors (Lipinski definition) is 3.